The average molecular weight is 331 g/mol. The zero-order valence-electron chi connectivity index (χ0n) is 12.7. The average Bonchev–Trinajstić information content (AvgIpc) is 2.93. The van der Waals surface area contributed by atoms with E-state index < -0.39 is 5.69 Å². The van der Waals surface area contributed by atoms with Gasteiger partial charge in [-0.05, 0) is 48.0 Å². The van der Waals surface area contributed by atoms with Gasteiger partial charge in [0.1, 0.15) is 12.4 Å². The lowest BCUT2D eigenvalue weighted by Crippen LogP contribution is -2.18. The Morgan fingerprint density at radius 2 is 2.09 bits per heavy atom. The molecule has 0 radical (unpaired) electrons. The van der Waals surface area contributed by atoms with Crippen LogP contribution >= 0.6 is 11.6 Å². The van der Waals surface area contributed by atoms with Gasteiger partial charge in [-0.15, -0.1) is 0 Å². The largest absolute Gasteiger partial charge is 0.488 e. The fourth-order valence-corrected chi connectivity index (χ4v) is 2.58. The van der Waals surface area contributed by atoms with Crippen LogP contribution in [0, 0.1) is 13.8 Å². The van der Waals surface area contributed by atoms with Crippen molar-refractivity contribution in [2.45, 2.75) is 20.5 Å². The maximum atomic E-state index is 11.7. The third kappa shape index (κ3) is 3.12. The maximum Gasteiger partial charge on any atom is 0.365 e. The number of hydrogen-bond donors (Lipinski definition) is 1. The highest BCUT2D eigenvalue weighted by atomic mass is 35.5. The zero-order chi connectivity index (χ0) is 16.4. The molecule has 0 unspecified atom stereocenters. The van der Waals surface area contributed by atoms with Crippen molar-refractivity contribution in [2.24, 2.45) is 0 Å². The van der Waals surface area contributed by atoms with E-state index in [4.69, 9.17) is 16.3 Å². The molecule has 7 heteroatoms. The molecule has 6 nitrogen and oxygen atoms in total. The molecule has 0 saturated heterocycles. The molecule has 0 fully saturated rings. The van der Waals surface area contributed by atoms with Crippen molar-refractivity contribution in [2.75, 3.05) is 0 Å². The van der Waals surface area contributed by atoms with E-state index in [-0.39, 0.29) is 6.61 Å². The molecule has 0 aliphatic rings. The number of aromatic nitrogens is 4. The molecule has 0 atom stereocenters. The van der Waals surface area contributed by atoms with Crippen molar-refractivity contribution < 1.29 is 4.74 Å². The number of aromatic amines is 1. The summed E-state index contributed by atoms with van der Waals surface area (Å²) in [6.45, 7) is 4.23. The summed E-state index contributed by atoms with van der Waals surface area (Å²) in [5.74, 6) is 0.772. The van der Waals surface area contributed by atoms with Crippen molar-refractivity contribution in [3.63, 3.8) is 0 Å². The van der Waals surface area contributed by atoms with E-state index in [1.807, 2.05) is 32.0 Å². The highest BCUT2D eigenvalue weighted by molar-refractivity contribution is 6.31. The van der Waals surface area contributed by atoms with Gasteiger partial charge in [-0.3, -0.25) is 0 Å². The summed E-state index contributed by atoms with van der Waals surface area (Å²) in [6.07, 6.45) is 0. The Balaban J connectivity index is 1.94. The predicted octanol–water partition coefficient (Wildman–Crippen LogP) is 2.80. The quantitative estimate of drug-likeness (QED) is 0.798. The number of nitrogens with one attached hydrogen (secondary N) is 1. The number of tetrazole rings is 1. The number of hydrogen-bond acceptors (Lipinski definition) is 4. The normalized spacial score (nSPS) is 10.7. The van der Waals surface area contributed by atoms with Gasteiger partial charge in [0.2, 0.25) is 0 Å². The molecule has 118 valence electrons. The van der Waals surface area contributed by atoms with Gasteiger partial charge in [0, 0.05) is 10.6 Å². The van der Waals surface area contributed by atoms with Crippen molar-refractivity contribution in [3.8, 4) is 11.4 Å². The maximum absolute atomic E-state index is 11.7. The number of nitrogens with zero attached hydrogens (tertiary/aromatic N) is 3. The summed E-state index contributed by atoms with van der Waals surface area (Å²) in [6, 6.07) is 11.2. The monoisotopic (exact) mass is 330 g/mol. The summed E-state index contributed by atoms with van der Waals surface area (Å²) in [5.41, 5.74) is 2.99. The fraction of sp³-hybridized carbons (Fsp3) is 0.188. The first-order valence-electron chi connectivity index (χ1n) is 7.04. The second-order valence-electron chi connectivity index (χ2n) is 5.21. The lowest BCUT2D eigenvalue weighted by molar-refractivity contribution is 0.303. The molecule has 3 rings (SSSR count). The standard InChI is InChI=1S/C16H15ClN4O2/c1-10-6-7-15(11(2)8-10)23-9-12-13(17)4-3-5-14(12)21-16(22)18-19-20-21/h3-8H,9H2,1-2H3,(H,18,20,22). The van der Waals surface area contributed by atoms with Gasteiger partial charge in [0.25, 0.3) is 0 Å². The first-order valence-corrected chi connectivity index (χ1v) is 7.42. The van der Waals surface area contributed by atoms with Gasteiger partial charge in [-0.1, -0.05) is 35.4 Å². The van der Waals surface area contributed by atoms with Crippen LogP contribution in [0.2, 0.25) is 5.02 Å². The zero-order valence-corrected chi connectivity index (χ0v) is 13.5. The Labute approximate surface area is 137 Å². The predicted molar refractivity (Wildman–Crippen MR) is 87.2 cm³/mol. The molecule has 0 aliphatic heterocycles. The van der Waals surface area contributed by atoms with Crippen LogP contribution in [0.5, 0.6) is 5.75 Å². The van der Waals surface area contributed by atoms with Crippen molar-refractivity contribution >= 4 is 11.6 Å². The highest BCUT2D eigenvalue weighted by Crippen LogP contribution is 2.25. The highest BCUT2D eigenvalue weighted by Gasteiger charge is 2.13. The van der Waals surface area contributed by atoms with E-state index in [1.54, 1.807) is 18.2 Å². The second kappa shape index (κ2) is 6.26. The topological polar surface area (TPSA) is 72.8 Å². The van der Waals surface area contributed by atoms with Crippen molar-refractivity contribution in [1.29, 1.82) is 0 Å². The van der Waals surface area contributed by atoms with Crippen LogP contribution in [0.25, 0.3) is 5.69 Å². The number of rotatable bonds is 4. The van der Waals surface area contributed by atoms with E-state index in [2.05, 4.69) is 15.5 Å². The Kier molecular flexibility index (Phi) is 4.16. The number of aryl methyl sites for hydroxylation is 2. The van der Waals surface area contributed by atoms with Crippen LogP contribution < -0.4 is 10.4 Å². The molecule has 0 spiro atoms. The Hall–Kier alpha value is -2.60. The summed E-state index contributed by atoms with van der Waals surface area (Å²) < 4.78 is 7.04. The van der Waals surface area contributed by atoms with Gasteiger partial charge in [-0.25, -0.2) is 9.89 Å². The lowest BCUT2D eigenvalue weighted by Gasteiger charge is -2.13. The van der Waals surface area contributed by atoms with Gasteiger partial charge in [-0.2, -0.15) is 4.68 Å². The smallest absolute Gasteiger partial charge is 0.365 e. The summed E-state index contributed by atoms with van der Waals surface area (Å²) in [7, 11) is 0. The number of H-pyrrole nitrogens is 1. The number of halogens is 1. The van der Waals surface area contributed by atoms with E-state index in [9.17, 15) is 4.79 Å². The molecule has 0 aliphatic carbocycles. The molecule has 0 saturated carbocycles. The minimum atomic E-state index is -0.431. The SMILES string of the molecule is Cc1ccc(OCc2c(Cl)cccc2-n2nn[nH]c2=O)c(C)c1. The van der Waals surface area contributed by atoms with Crippen LogP contribution in [0.4, 0.5) is 0 Å². The van der Waals surface area contributed by atoms with Crippen LogP contribution in [0.3, 0.4) is 0 Å². The van der Waals surface area contributed by atoms with Crippen molar-refractivity contribution in [3.05, 3.63) is 68.6 Å². The molecule has 1 heterocycles. The van der Waals surface area contributed by atoms with Gasteiger partial charge < -0.3 is 4.74 Å². The minimum absolute atomic E-state index is 0.220. The molecule has 3 aromatic rings. The van der Waals surface area contributed by atoms with Gasteiger partial charge >= 0.3 is 5.69 Å². The van der Waals surface area contributed by atoms with Gasteiger partial charge in [0.05, 0.1) is 5.69 Å². The number of ether oxygens (including phenoxy) is 1. The summed E-state index contributed by atoms with van der Waals surface area (Å²) in [4.78, 5) is 11.7. The Morgan fingerprint density at radius 3 is 2.78 bits per heavy atom. The molecular weight excluding hydrogens is 316 g/mol. The molecule has 1 N–H and O–H groups in total. The van der Waals surface area contributed by atoms with Crippen LogP contribution in [-0.4, -0.2) is 20.2 Å². The lowest BCUT2D eigenvalue weighted by atomic mass is 10.1. The van der Waals surface area contributed by atoms with E-state index >= 15 is 0 Å². The third-order valence-corrected chi connectivity index (χ3v) is 3.85. The summed E-state index contributed by atoms with van der Waals surface area (Å²) >= 11 is 6.28. The Morgan fingerprint density at radius 1 is 1.26 bits per heavy atom. The van der Waals surface area contributed by atoms with E-state index in [0.717, 1.165) is 16.0 Å². The number of benzene rings is 2. The summed E-state index contributed by atoms with van der Waals surface area (Å²) in [5, 5.41) is 10.0. The molecule has 0 bridgehead atoms. The molecular formula is C16H15ClN4O2. The third-order valence-electron chi connectivity index (χ3n) is 3.50. The minimum Gasteiger partial charge on any atom is -0.488 e. The second-order valence-corrected chi connectivity index (χ2v) is 5.62. The van der Waals surface area contributed by atoms with Crippen LogP contribution in [0.15, 0.2) is 41.2 Å². The Bertz CT molecular complexity index is 901. The molecule has 0 amide bonds. The molecule has 2 aromatic carbocycles. The molecule has 1 aromatic heterocycles. The van der Waals surface area contributed by atoms with Crippen LogP contribution in [0.1, 0.15) is 16.7 Å². The molecule has 23 heavy (non-hydrogen) atoms. The van der Waals surface area contributed by atoms with E-state index in [0.29, 0.717) is 16.3 Å². The first-order chi connectivity index (χ1) is 11.1. The van der Waals surface area contributed by atoms with Crippen LogP contribution in [-0.2, 0) is 6.61 Å². The van der Waals surface area contributed by atoms with E-state index in [1.165, 1.54) is 5.56 Å². The first kappa shape index (κ1) is 15.3. The van der Waals surface area contributed by atoms with Gasteiger partial charge in [0.15, 0.2) is 0 Å². The van der Waals surface area contributed by atoms with Crippen molar-refractivity contribution in [1.82, 2.24) is 20.2 Å². The fourth-order valence-electron chi connectivity index (χ4n) is 2.36.